The number of piperidine rings is 1. The number of likely N-dealkylation sites (tertiary alicyclic amines) is 1. The van der Waals surface area contributed by atoms with E-state index >= 15 is 0 Å². The average Bonchev–Trinajstić information content (AvgIpc) is 2.48. The molecule has 1 atom stereocenters. The minimum Gasteiger partial charge on any atom is -0.508 e. The van der Waals surface area contributed by atoms with Crippen LogP contribution in [0.25, 0.3) is 0 Å². The first-order chi connectivity index (χ1) is 10.1. The molecule has 0 amide bonds. The van der Waals surface area contributed by atoms with Crippen LogP contribution in [0, 0.1) is 5.92 Å². The Morgan fingerprint density at radius 3 is 2.76 bits per heavy atom. The Balaban J connectivity index is 1.67. The molecule has 0 bridgehead atoms. The van der Waals surface area contributed by atoms with Crippen LogP contribution in [0.1, 0.15) is 42.9 Å². The van der Waals surface area contributed by atoms with Crippen LogP contribution in [0.4, 0.5) is 0 Å². The topological polar surface area (TPSA) is 26.7 Å². The number of phenols is 1. The van der Waals surface area contributed by atoms with Crippen molar-refractivity contribution >= 4 is 0 Å². The lowest BCUT2D eigenvalue weighted by molar-refractivity contribution is 0.141. The van der Waals surface area contributed by atoms with Gasteiger partial charge in [0.1, 0.15) is 5.75 Å². The Morgan fingerprint density at radius 1 is 1.24 bits per heavy atom. The third-order valence-electron chi connectivity index (χ3n) is 5.33. The fraction of sp³-hybridized carbons (Fsp3) is 0.667. The van der Waals surface area contributed by atoms with Gasteiger partial charge in [-0.25, -0.2) is 0 Å². The first kappa shape index (κ1) is 14.9. The molecule has 3 rings (SSSR count). The zero-order chi connectivity index (χ0) is 14.8. The predicted octanol–water partition coefficient (Wildman–Crippen LogP) is 3.04. The summed E-state index contributed by atoms with van der Waals surface area (Å²) in [5, 5.41) is 9.68. The van der Waals surface area contributed by atoms with Gasteiger partial charge in [-0.1, -0.05) is 6.07 Å². The number of fused-ring (bicyclic) bond motifs is 1. The highest BCUT2D eigenvalue weighted by Gasteiger charge is 2.26. The Hall–Kier alpha value is -1.06. The summed E-state index contributed by atoms with van der Waals surface area (Å²) in [5.41, 5.74) is 2.79. The molecule has 1 fully saturated rings. The summed E-state index contributed by atoms with van der Waals surface area (Å²) in [6.45, 7) is 3.69. The summed E-state index contributed by atoms with van der Waals surface area (Å²) in [6.07, 6.45) is 6.26. The molecule has 1 unspecified atom stereocenters. The molecule has 0 saturated carbocycles. The smallest absolute Gasteiger partial charge is 0.115 e. The van der Waals surface area contributed by atoms with E-state index in [0.717, 1.165) is 12.3 Å². The van der Waals surface area contributed by atoms with Crippen LogP contribution < -0.4 is 0 Å². The SMILES string of the molecule is CN1CCC(CN(C)C2CCCc3cc(O)ccc32)CC1. The van der Waals surface area contributed by atoms with Gasteiger partial charge in [0.15, 0.2) is 0 Å². The van der Waals surface area contributed by atoms with E-state index in [-0.39, 0.29) is 0 Å². The van der Waals surface area contributed by atoms with E-state index in [4.69, 9.17) is 0 Å². The van der Waals surface area contributed by atoms with Crippen LogP contribution in [-0.2, 0) is 6.42 Å². The number of hydrogen-bond donors (Lipinski definition) is 1. The molecule has 1 aliphatic heterocycles. The maximum Gasteiger partial charge on any atom is 0.115 e. The van der Waals surface area contributed by atoms with Gasteiger partial charge in [0.25, 0.3) is 0 Å². The van der Waals surface area contributed by atoms with Crippen LogP contribution in [-0.4, -0.2) is 48.6 Å². The van der Waals surface area contributed by atoms with E-state index in [2.05, 4.69) is 30.0 Å². The third-order valence-corrected chi connectivity index (χ3v) is 5.33. The number of benzene rings is 1. The van der Waals surface area contributed by atoms with E-state index < -0.39 is 0 Å². The Bertz CT molecular complexity index is 480. The van der Waals surface area contributed by atoms with Crippen molar-refractivity contribution in [1.29, 1.82) is 0 Å². The second-order valence-electron chi connectivity index (χ2n) is 6.98. The van der Waals surface area contributed by atoms with Crippen molar-refractivity contribution in [1.82, 2.24) is 9.80 Å². The summed E-state index contributed by atoms with van der Waals surface area (Å²) in [6, 6.07) is 6.49. The van der Waals surface area contributed by atoms with Crippen molar-refractivity contribution < 1.29 is 5.11 Å². The lowest BCUT2D eigenvalue weighted by atomic mass is 9.86. The van der Waals surface area contributed by atoms with Crippen LogP contribution in [0.3, 0.4) is 0 Å². The fourth-order valence-corrected chi connectivity index (χ4v) is 4.01. The highest BCUT2D eigenvalue weighted by Crippen LogP contribution is 2.36. The van der Waals surface area contributed by atoms with Crippen molar-refractivity contribution in [3.05, 3.63) is 29.3 Å². The molecule has 0 spiro atoms. The molecule has 1 aromatic rings. The van der Waals surface area contributed by atoms with Gasteiger partial charge in [0.05, 0.1) is 0 Å². The van der Waals surface area contributed by atoms with Gasteiger partial charge in [-0.3, -0.25) is 4.90 Å². The van der Waals surface area contributed by atoms with Crippen molar-refractivity contribution in [2.24, 2.45) is 5.92 Å². The molecule has 2 aliphatic rings. The molecule has 3 heteroatoms. The van der Waals surface area contributed by atoms with Gasteiger partial charge in [0.2, 0.25) is 0 Å². The minimum atomic E-state index is 0.410. The maximum absolute atomic E-state index is 9.68. The van der Waals surface area contributed by atoms with Crippen molar-refractivity contribution in [2.75, 3.05) is 33.7 Å². The van der Waals surface area contributed by atoms with E-state index in [1.54, 1.807) is 0 Å². The van der Waals surface area contributed by atoms with Crippen LogP contribution in [0.5, 0.6) is 5.75 Å². The molecule has 3 nitrogen and oxygen atoms in total. The van der Waals surface area contributed by atoms with Gasteiger partial charge in [-0.05, 0) is 88.5 Å². The zero-order valence-corrected chi connectivity index (χ0v) is 13.4. The predicted molar refractivity (Wildman–Crippen MR) is 86.6 cm³/mol. The molecule has 1 aliphatic carbocycles. The number of aromatic hydroxyl groups is 1. The summed E-state index contributed by atoms with van der Waals surface area (Å²) >= 11 is 0. The molecule has 1 heterocycles. The summed E-state index contributed by atoms with van der Waals surface area (Å²) in [5.74, 6) is 1.25. The van der Waals surface area contributed by atoms with Gasteiger partial charge < -0.3 is 10.0 Å². The van der Waals surface area contributed by atoms with Gasteiger partial charge in [-0.2, -0.15) is 0 Å². The second-order valence-corrected chi connectivity index (χ2v) is 6.98. The lowest BCUT2D eigenvalue weighted by Crippen LogP contribution is -2.37. The van der Waals surface area contributed by atoms with E-state index in [9.17, 15) is 5.11 Å². The molecule has 1 saturated heterocycles. The van der Waals surface area contributed by atoms with E-state index in [0.29, 0.717) is 11.8 Å². The molecule has 21 heavy (non-hydrogen) atoms. The first-order valence-corrected chi connectivity index (χ1v) is 8.34. The summed E-state index contributed by atoms with van der Waals surface area (Å²) in [7, 11) is 4.51. The maximum atomic E-state index is 9.68. The highest BCUT2D eigenvalue weighted by atomic mass is 16.3. The van der Waals surface area contributed by atoms with Crippen LogP contribution in [0.2, 0.25) is 0 Å². The summed E-state index contributed by atoms with van der Waals surface area (Å²) < 4.78 is 0. The molecular formula is C18H28N2O. The number of nitrogens with zero attached hydrogens (tertiary/aromatic N) is 2. The van der Waals surface area contributed by atoms with Crippen molar-refractivity contribution in [3.8, 4) is 5.75 Å². The quantitative estimate of drug-likeness (QED) is 0.926. The number of hydrogen-bond acceptors (Lipinski definition) is 3. The average molecular weight is 288 g/mol. The number of phenolic OH excluding ortho intramolecular Hbond substituents is 1. The first-order valence-electron chi connectivity index (χ1n) is 8.34. The third kappa shape index (κ3) is 3.41. The second kappa shape index (κ2) is 6.37. The highest BCUT2D eigenvalue weighted by molar-refractivity contribution is 5.38. The number of aryl methyl sites for hydroxylation is 1. The van der Waals surface area contributed by atoms with E-state index in [1.165, 1.54) is 56.4 Å². The monoisotopic (exact) mass is 288 g/mol. The molecule has 1 N–H and O–H groups in total. The van der Waals surface area contributed by atoms with Gasteiger partial charge in [0, 0.05) is 12.6 Å². The molecular weight excluding hydrogens is 260 g/mol. The summed E-state index contributed by atoms with van der Waals surface area (Å²) in [4.78, 5) is 5.00. The van der Waals surface area contributed by atoms with Crippen molar-refractivity contribution in [2.45, 2.75) is 38.1 Å². The van der Waals surface area contributed by atoms with Gasteiger partial charge in [-0.15, -0.1) is 0 Å². The molecule has 0 radical (unpaired) electrons. The lowest BCUT2D eigenvalue weighted by Gasteiger charge is -2.37. The largest absolute Gasteiger partial charge is 0.508 e. The van der Waals surface area contributed by atoms with E-state index in [1.807, 2.05) is 12.1 Å². The zero-order valence-electron chi connectivity index (χ0n) is 13.4. The fourth-order valence-electron chi connectivity index (χ4n) is 4.01. The number of rotatable bonds is 3. The van der Waals surface area contributed by atoms with Crippen LogP contribution >= 0.6 is 0 Å². The van der Waals surface area contributed by atoms with Crippen LogP contribution in [0.15, 0.2) is 18.2 Å². The standard InChI is InChI=1S/C18H28N2O/c1-19-10-8-14(9-11-19)13-20(2)18-5-3-4-15-12-16(21)6-7-17(15)18/h6-7,12,14,18,21H,3-5,8-11,13H2,1-2H3. The minimum absolute atomic E-state index is 0.410. The Labute approximate surface area is 128 Å². The Morgan fingerprint density at radius 2 is 2.00 bits per heavy atom. The van der Waals surface area contributed by atoms with Crippen molar-refractivity contribution in [3.63, 3.8) is 0 Å². The normalized spacial score (nSPS) is 24.2. The Kier molecular flexibility index (Phi) is 4.51. The molecule has 116 valence electrons. The molecule has 1 aromatic carbocycles. The molecule has 0 aromatic heterocycles. The van der Waals surface area contributed by atoms with Gasteiger partial charge >= 0.3 is 0 Å².